The van der Waals surface area contributed by atoms with Gasteiger partial charge in [-0.1, -0.05) is 18.2 Å². The first-order valence-electron chi connectivity index (χ1n) is 4.28. The lowest BCUT2D eigenvalue weighted by Gasteiger charge is -1.90. The van der Waals surface area contributed by atoms with Crippen LogP contribution in [0.15, 0.2) is 24.8 Å². The van der Waals surface area contributed by atoms with Crippen LogP contribution in [0.1, 0.15) is 32.1 Å². The van der Waals surface area contributed by atoms with E-state index in [0.717, 1.165) is 25.7 Å². The molecule has 0 fully saturated rings. The van der Waals surface area contributed by atoms with E-state index in [-0.39, 0.29) is 0 Å². The molecule has 0 unspecified atom stereocenters. The number of unbranched alkanes of at least 4 members (excludes halogenated alkanes) is 3. The summed E-state index contributed by atoms with van der Waals surface area (Å²) >= 11 is 0. The second-order valence-electron chi connectivity index (χ2n) is 2.56. The van der Waals surface area contributed by atoms with E-state index < -0.39 is 0 Å². The first-order valence-corrected chi connectivity index (χ1v) is 4.28. The number of hydrogen-bond acceptors (Lipinski definition) is 1. The lowest BCUT2D eigenvalue weighted by Crippen LogP contribution is -1.78. The van der Waals surface area contributed by atoms with Crippen LogP contribution in [0.5, 0.6) is 0 Å². The molecule has 0 spiro atoms. The molecule has 0 aromatic carbocycles. The molecule has 11 heavy (non-hydrogen) atoms. The predicted molar refractivity (Wildman–Crippen MR) is 49.5 cm³/mol. The molecule has 0 aromatic heterocycles. The highest BCUT2D eigenvalue weighted by Crippen LogP contribution is 1.98. The van der Waals surface area contributed by atoms with E-state index in [1.54, 1.807) is 0 Å². The Labute approximate surface area is 69.4 Å². The molecule has 0 rings (SSSR count). The summed E-state index contributed by atoms with van der Waals surface area (Å²) in [5.41, 5.74) is 0. The number of hydrogen-bond donors (Lipinski definition) is 1. The lowest BCUT2D eigenvalue weighted by atomic mass is 10.2. The van der Waals surface area contributed by atoms with Gasteiger partial charge < -0.3 is 5.11 Å². The largest absolute Gasteiger partial charge is 0.396 e. The van der Waals surface area contributed by atoms with E-state index in [1.807, 2.05) is 6.08 Å². The van der Waals surface area contributed by atoms with E-state index in [2.05, 4.69) is 18.7 Å². The van der Waals surface area contributed by atoms with Crippen LogP contribution in [0.2, 0.25) is 0 Å². The summed E-state index contributed by atoms with van der Waals surface area (Å²) in [4.78, 5) is 0. The maximum atomic E-state index is 8.46. The van der Waals surface area contributed by atoms with Gasteiger partial charge in [-0.2, -0.15) is 0 Å². The van der Waals surface area contributed by atoms with Crippen LogP contribution in [0.25, 0.3) is 0 Å². The van der Waals surface area contributed by atoms with Crippen molar-refractivity contribution in [2.45, 2.75) is 32.1 Å². The van der Waals surface area contributed by atoms with E-state index in [0.29, 0.717) is 6.61 Å². The molecule has 0 atom stereocenters. The van der Waals surface area contributed by atoms with Crippen molar-refractivity contribution in [2.75, 3.05) is 6.61 Å². The second-order valence-corrected chi connectivity index (χ2v) is 2.56. The second kappa shape index (κ2) is 9.44. The van der Waals surface area contributed by atoms with Crippen LogP contribution in [-0.4, -0.2) is 11.7 Å². The zero-order chi connectivity index (χ0) is 8.36. The molecule has 1 N–H and O–H groups in total. The van der Waals surface area contributed by atoms with Crippen LogP contribution >= 0.6 is 0 Å². The minimum absolute atomic E-state index is 0.303. The number of rotatable bonds is 7. The van der Waals surface area contributed by atoms with Gasteiger partial charge in [0.25, 0.3) is 0 Å². The highest BCUT2D eigenvalue weighted by atomic mass is 16.2. The van der Waals surface area contributed by atoms with Crippen LogP contribution in [0, 0.1) is 0 Å². The topological polar surface area (TPSA) is 20.2 Å². The van der Waals surface area contributed by atoms with Crippen molar-refractivity contribution in [3.8, 4) is 0 Å². The Morgan fingerprint density at radius 3 is 2.18 bits per heavy atom. The van der Waals surface area contributed by atoms with E-state index >= 15 is 0 Å². The maximum absolute atomic E-state index is 8.46. The average Bonchev–Trinajstić information content (AvgIpc) is 2.03. The van der Waals surface area contributed by atoms with Gasteiger partial charge in [0.2, 0.25) is 0 Å². The number of aliphatic hydroxyl groups excluding tert-OH is 1. The first-order chi connectivity index (χ1) is 5.41. The molecule has 0 bridgehead atoms. The van der Waals surface area contributed by atoms with Gasteiger partial charge in [-0.15, -0.1) is 6.58 Å². The average molecular weight is 154 g/mol. The van der Waals surface area contributed by atoms with Crippen LogP contribution in [0.4, 0.5) is 0 Å². The van der Waals surface area contributed by atoms with Crippen molar-refractivity contribution in [1.82, 2.24) is 0 Å². The van der Waals surface area contributed by atoms with E-state index in [4.69, 9.17) is 5.11 Å². The third kappa shape index (κ3) is 9.44. The predicted octanol–water partition coefficient (Wildman–Crippen LogP) is 2.67. The molecule has 0 saturated heterocycles. The van der Waals surface area contributed by atoms with E-state index in [1.165, 1.54) is 6.42 Å². The Morgan fingerprint density at radius 1 is 1.00 bits per heavy atom. The fourth-order valence-corrected chi connectivity index (χ4v) is 0.825. The van der Waals surface area contributed by atoms with Gasteiger partial charge in [0.1, 0.15) is 0 Å². The van der Waals surface area contributed by atoms with Gasteiger partial charge in [-0.3, -0.25) is 0 Å². The van der Waals surface area contributed by atoms with Crippen molar-refractivity contribution in [2.24, 2.45) is 0 Å². The molecule has 0 heterocycles. The highest BCUT2D eigenvalue weighted by molar-refractivity contribution is 4.82. The quantitative estimate of drug-likeness (QED) is 0.441. The molecule has 0 amide bonds. The summed E-state index contributed by atoms with van der Waals surface area (Å²) in [5, 5.41) is 8.46. The van der Waals surface area contributed by atoms with Gasteiger partial charge in [0.05, 0.1) is 0 Å². The Kier molecular flexibility index (Phi) is 8.96. The Morgan fingerprint density at radius 2 is 1.64 bits per heavy atom. The van der Waals surface area contributed by atoms with Crippen molar-refractivity contribution in [3.05, 3.63) is 24.8 Å². The van der Waals surface area contributed by atoms with Gasteiger partial charge in [-0.05, 0) is 32.1 Å². The molecule has 64 valence electrons. The molecular formula is C10H18O. The summed E-state index contributed by atoms with van der Waals surface area (Å²) in [6.07, 6.45) is 11.6. The van der Waals surface area contributed by atoms with Crippen molar-refractivity contribution >= 4 is 0 Å². The molecule has 1 nitrogen and oxygen atoms in total. The summed E-state index contributed by atoms with van der Waals surface area (Å²) in [6, 6.07) is 0. The molecule has 0 aromatic rings. The fourth-order valence-electron chi connectivity index (χ4n) is 0.825. The van der Waals surface area contributed by atoms with Gasteiger partial charge >= 0.3 is 0 Å². The molecular weight excluding hydrogens is 136 g/mol. The minimum Gasteiger partial charge on any atom is -0.396 e. The van der Waals surface area contributed by atoms with Crippen LogP contribution < -0.4 is 0 Å². The van der Waals surface area contributed by atoms with Crippen molar-refractivity contribution < 1.29 is 5.11 Å². The molecule has 1 heteroatoms. The lowest BCUT2D eigenvalue weighted by molar-refractivity contribution is 0.289. The van der Waals surface area contributed by atoms with Crippen LogP contribution in [0.3, 0.4) is 0 Å². The Balaban J connectivity index is 2.97. The fraction of sp³-hybridized carbons (Fsp3) is 0.600. The third-order valence-corrected chi connectivity index (χ3v) is 1.47. The molecule has 0 aliphatic carbocycles. The molecule has 0 radical (unpaired) electrons. The Hall–Kier alpha value is -0.560. The highest BCUT2D eigenvalue weighted by Gasteiger charge is 1.80. The monoisotopic (exact) mass is 154 g/mol. The zero-order valence-corrected chi connectivity index (χ0v) is 7.13. The SMILES string of the molecule is C=CCCC/C=C/CCCO. The maximum Gasteiger partial charge on any atom is 0.0433 e. The van der Waals surface area contributed by atoms with Crippen molar-refractivity contribution in [1.29, 1.82) is 0 Å². The molecule has 0 aliphatic heterocycles. The van der Waals surface area contributed by atoms with Crippen LogP contribution in [-0.2, 0) is 0 Å². The van der Waals surface area contributed by atoms with E-state index in [9.17, 15) is 0 Å². The van der Waals surface area contributed by atoms with Crippen molar-refractivity contribution in [3.63, 3.8) is 0 Å². The normalized spacial score (nSPS) is 10.6. The first kappa shape index (κ1) is 10.4. The Bertz CT molecular complexity index is 105. The standard InChI is InChI=1S/C10H18O/c1-2-3-4-5-6-7-8-9-10-11/h2,6-7,11H,1,3-5,8-10H2/b7-6+. The smallest absolute Gasteiger partial charge is 0.0433 e. The molecule has 0 aliphatic rings. The summed E-state index contributed by atoms with van der Waals surface area (Å²) in [5.74, 6) is 0. The van der Waals surface area contributed by atoms with Gasteiger partial charge in [0.15, 0.2) is 0 Å². The number of allylic oxidation sites excluding steroid dienone is 3. The number of aliphatic hydroxyl groups is 1. The summed E-state index contributed by atoms with van der Waals surface area (Å²) in [6.45, 7) is 3.95. The molecule has 0 saturated carbocycles. The third-order valence-electron chi connectivity index (χ3n) is 1.47. The minimum atomic E-state index is 0.303. The summed E-state index contributed by atoms with van der Waals surface area (Å²) < 4.78 is 0. The summed E-state index contributed by atoms with van der Waals surface area (Å²) in [7, 11) is 0. The van der Waals surface area contributed by atoms with Gasteiger partial charge in [0, 0.05) is 6.61 Å². The van der Waals surface area contributed by atoms with Gasteiger partial charge in [-0.25, -0.2) is 0 Å². The zero-order valence-electron chi connectivity index (χ0n) is 7.13.